The lowest BCUT2D eigenvalue weighted by Crippen LogP contribution is -2.48. The fourth-order valence-electron chi connectivity index (χ4n) is 2.91. The molecule has 1 saturated heterocycles. The van der Waals surface area contributed by atoms with Gasteiger partial charge in [0.25, 0.3) is 0 Å². The SMILES string of the molecule is O=C(Cc1ccc(F)cc1)N[C@@H]1CCCN(c2ccccn2)C1. The Morgan fingerprint density at radius 2 is 2.09 bits per heavy atom. The van der Waals surface area contributed by atoms with E-state index in [1.807, 2.05) is 18.2 Å². The maximum Gasteiger partial charge on any atom is 0.224 e. The van der Waals surface area contributed by atoms with Crippen molar-refractivity contribution in [2.75, 3.05) is 18.0 Å². The minimum Gasteiger partial charge on any atom is -0.355 e. The van der Waals surface area contributed by atoms with Gasteiger partial charge in [-0.3, -0.25) is 4.79 Å². The minimum atomic E-state index is -0.285. The van der Waals surface area contributed by atoms with E-state index in [1.165, 1.54) is 12.1 Å². The third-order valence-corrected chi connectivity index (χ3v) is 4.04. The molecule has 23 heavy (non-hydrogen) atoms. The molecule has 2 heterocycles. The molecule has 0 aliphatic carbocycles. The van der Waals surface area contributed by atoms with Gasteiger partial charge in [0.05, 0.1) is 6.42 Å². The van der Waals surface area contributed by atoms with Crippen molar-refractivity contribution in [3.05, 3.63) is 60.0 Å². The summed E-state index contributed by atoms with van der Waals surface area (Å²) in [7, 11) is 0. The number of amides is 1. The average Bonchev–Trinajstić information content (AvgIpc) is 2.58. The summed E-state index contributed by atoms with van der Waals surface area (Å²) in [5.74, 6) is 0.641. The number of piperidine rings is 1. The van der Waals surface area contributed by atoms with Crippen LogP contribution in [0.3, 0.4) is 0 Å². The third kappa shape index (κ3) is 4.28. The molecule has 2 aromatic rings. The fraction of sp³-hybridized carbons (Fsp3) is 0.333. The second-order valence-corrected chi connectivity index (χ2v) is 5.84. The topological polar surface area (TPSA) is 45.2 Å². The van der Waals surface area contributed by atoms with Gasteiger partial charge >= 0.3 is 0 Å². The summed E-state index contributed by atoms with van der Waals surface area (Å²) in [6.07, 6.45) is 4.06. The third-order valence-electron chi connectivity index (χ3n) is 4.04. The van der Waals surface area contributed by atoms with E-state index in [1.54, 1.807) is 18.3 Å². The minimum absolute atomic E-state index is 0.0236. The molecule has 1 atom stereocenters. The van der Waals surface area contributed by atoms with Crippen LogP contribution in [0.4, 0.5) is 10.2 Å². The lowest BCUT2D eigenvalue weighted by molar-refractivity contribution is -0.121. The molecular formula is C18H20FN3O. The zero-order valence-corrected chi connectivity index (χ0v) is 12.9. The number of carbonyl (C=O) groups excluding carboxylic acids is 1. The summed E-state index contributed by atoms with van der Waals surface area (Å²) in [6, 6.07) is 12.0. The molecule has 5 heteroatoms. The van der Waals surface area contributed by atoms with E-state index in [2.05, 4.69) is 15.2 Å². The van der Waals surface area contributed by atoms with Crippen LogP contribution in [-0.2, 0) is 11.2 Å². The van der Waals surface area contributed by atoms with E-state index in [0.29, 0.717) is 0 Å². The van der Waals surface area contributed by atoms with Crippen molar-refractivity contribution in [3.8, 4) is 0 Å². The first kappa shape index (κ1) is 15.5. The zero-order chi connectivity index (χ0) is 16.1. The van der Waals surface area contributed by atoms with Gasteiger partial charge in [0.15, 0.2) is 0 Å². The van der Waals surface area contributed by atoms with Crippen molar-refractivity contribution < 1.29 is 9.18 Å². The summed E-state index contributed by atoms with van der Waals surface area (Å²) in [5.41, 5.74) is 0.821. The first-order chi connectivity index (χ1) is 11.2. The summed E-state index contributed by atoms with van der Waals surface area (Å²) in [5, 5.41) is 3.08. The predicted molar refractivity (Wildman–Crippen MR) is 87.7 cm³/mol. The van der Waals surface area contributed by atoms with Crippen LogP contribution in [0.2, 0.25) is 0 Å². The number of aromatic nitrogens is 1. The predicted octanol–water partition coefficient (Wildman–Crippen LogP) is 2.55. The lowest BCUT2D eigenvalue weighted by Gasteiger charge is -2.34. The van der Waals surface area contributed by atoms with Crippen LogP contribution in [0, 0.1) is 5.82 Å². The summed E-state index contributed by atoms with van der Waals surface area (Å²) in [4.78, 5) is 18.7. The van der Waals surface area contributed by atoms with Crippen molar-refractivity contribution in [1.29, 1.82) is 0 Å². The number of nitrogens with zero attached hydrogens (tertiary/aromatic N) is 2. The number of nitrogens with one attached hydrogen (secondary N) is 1. The van der Waals surface area contributed by atoms with Crippen LogP contribution in [0.25, 0.3) is 0 Å². The van der Waals surface area contributed by atoms with Crippen molar-refractivity contribution in [2.45, 2.75) is 25.3 Å². The number of hydrogen-bond acceptors (Lipinski definition) is 3. The Labute approximate surface area is 135 Å². The number of carbonyl (C=O) groups is 1. The quantitative estimate of drug-likeness (QED) is 0.943. The van der Waals surface area contributed by atoms with E-state index < -0.39 is 0 Å². The van der Waals surface area contributed by atoms with Crippen LogP contribution in [0.1, 0.15) is 18.4 Å². The fourth-order valence-corrected chi connectivity index (χ4v) is 2.91. The van der Waals surface area contributed by atoms with Crippen LogP contribution >= 0.6 is 0 Å². The van der Waals surface area contributed by atoms with Crippen LogP contribution in [-0.4, -0.2) is 30.0 Å². The number of rotatable bonds is 4. The van der Waals surface area contributed by atoms with Gasteiger partial charge in [0.1, 0.15) is 11.6 Å². The number of pyridine rings is 1. The molecule has 0 radical (unpaired) electrons. The second kappa shape index (κ2) is 7.22. The largest absolute Gasteiger partial charge is 0.355 e. The standard InChI is InChI=1S/C18H20FN3O/c19-15-8-6-14(7-9-15)12-18(23)21-16-4-3-11-22(13-16)17-5-1-2-10-20-17/h1-2,5-10,16H,3-4,11-13H2,(H,21,23)/t16-/m1/s1. The van der Waals surface area contributed by atoms with E-state index in [0.717, 1.165) is 37.3 Å². The maximum atomic E-state index is 12.9. The molecule has 1 aromatic carbocycles. The first-order valence-corrected chi connectivity index (χ1v) is 7.90. The molecule has 0 bridgehead atoms. The Balaban J connectivity index is 1.55. The molecule has 3 rings (SSSR count). The molecule has 1 amide bonds. The van der Waals surface area contributed by atoms with Crippen molar-refractivity contribution in [1.82, 2.24) is 10.3 Å². The highest BCUT2D eigenvalue weighted by molar-refractivity contribution is 5.78. The van der Waals surface area contributed by atoms with Gasteiger partial charge in [0.2, 0.25) is 5.91 Å². The van der Waals surface area contributed by atoms with Crippen LogP contribution in [0.15, 0.2) is 48.7 Å². The molecule has 120 valence electrons. The molecule has 0 spiro atoms. The Morgan fingerprint density at radius 1 is 1.26 bits per heavy atom. The Kier molecular flexibility index (Phi) is 4.86. The summed E-state index contributed by atoms with van der Waals surface area (Å²) >= 11 is 0. The lowest BCUT2D eigenvalue weighted by atomic mass is 10.0. The summed E-state index contributed by atoms with van der Waals surface area (Å²) < 4.78 is 12.9. The highest BCUT2D eigenvalue weighted by atomic mass is 19.1. The van der Waals surface area contributed by atoms with Gasteiger partial charge in [-0.1, -0.05) is 18.2 Å². The van der Waals surface area contributed by atoms with Gasteiger partial charge in [-0.2, -0.15) is 0 Å². The molecule has 1 N–H and O–H groups in total. The highest BCUT2D eigenvalue weighted by Crippen LogP contribution is 2.17. The van der Waals surface area contributed by atoms with E-state index >= 15 is 0 Å². The van der Waals surface area contributed by atoms with Crippen molar-refractivity contribution >= 4 is 11.7 Å². The second-order valence-electron chi connectivity index (χ2n) is 5.84. The van der Waals surface area contributed by atoms with Crippen molar-refractivity contribution in [3.63, 3.8) is 0 Å². The molecule has 1 fully saturated rings. The molecular weight excluding hydrogens is 293 g/mol. The highest BCUT2D eigenvalue weighted by Gasteiger charge is 2.22. The van der Waals surface area contributed by atoms with E-state index in [4.69, 9.17) is 0 Å². The zero-order valence-electron chi connectivity index (χ0n) is 12.9. The van der Waals surface area contributed by atoms with Gasteiger partial charge in [-0.15, -0.1) is 0 Å². The van der Waals surface area contributed by atoms with E-state index in [9.17, 15) is 9.18 Å². The van der Waals surface area contributed by atoms with Gasteiger partial charge in [0, 0.05) is 25.3 Å². The maximum absolute atomic E-state index is 12.9. The van der Waals surface area contributed by atoms with E-state index in [-0.39, 0.29) is 24.2 Å². The molecule has 1 aromatic heterocycles. The molecule has 4 nitrogen and oxygen atoms in total. The monoisotopic (exact) mass is 313 g/mol. The average molecular weight is 313 g/mol. The Bertz CT molecular complexity index is 645. The molecule has 1 aliphatic rings. The smallest absolute Gasteiger partial charge is 0.224 e. The van der Waals surface area contributed by atoms with Crippen LogP contribution < -0.4 is 10.2 Å². The number of anilines is 1. The normalized spacial score (nSPS) is 17.8. The number of benzene rings is 1. The number of hydrogen-bond donors (Lipinski definition) is 1. The molecule has 0 saturated carbocycles. The van der Waals surface area contributed by atoms with Crippen molar-refractivity contribution in [2.24, 2.45) is 0 Å². The Hall–Kier alpha value is -2.43. The molecule has 0 unspecified atom stereocenters. The van der Waals surface area contributed by atoms with Crippen LogP contribution in [0.5, 0.6) is 0 Å². The molecule has 1 aliphatic heterocycles. The van der Waals surface area contributed by atoms with Gasteiger partial charge < -0.3 is 10.2 Å². The first-order valence-electron chi connectivity index (χ1n) is 7.90. The summed E-state index contributed by atoms with van der Waals surface area (Å²) in [6.45, 7) is 1.73. The Morgan fingerprint density at radius 3 is 2.83 bits per heavy atom. The number of halogens is 1. The van der Waals surface area contributed by atoms with Gasteiger partial charge in [-0.05, 0) is 42.7 Å². The van der Waals surface area contributed by atoms with Gasteiger partial charge in [-0.25, -0.2) is 9.37 Å².